The molecule has 1 aliphatic rings. The predicted molar refractivity (Wildman–Crippen MR) is 124 cm³/mol. The molecule has 0 spiro atoms. The zero-order valence-electron chi connectivity index (χ0n) is 16.4. The van der Waals surface area contributed by atoms with Crippen LogP contribution in [0.5, 0.6) is 0 Å². The minimum absolute atomic E-state index is 0. The second-order valence-corrected chi connectivity index (χ2v) is 9.68. The molecule has 1 aliphatic heterocycles. The molecule has 1 aromatic carbocycles. The zero-order chi connectivity index (χ0) is 21.3. The van der Waals surface area contributed by atoms with Crippen LogP contribution in [0.1, 0.15) is 35.6 Å². The van der Waals surface area contributed by atoms with Crippen molar-refractivity contribution in [2.75, 3.05) is 18.9 Å². The minimum Gasteiger partial charge on any atom is -0.347 e. The van der Waals surface area contributed by atoms with Crippen LogP contribution in [0.15, 0.2) is 30.3 Å². The molecule has 6 nitrogen and oxygen atoms in total. The standard InChI is InChI=1S/C20H18ClFN4O2S2.ClH/c1-26-8-7-14-16(10-26)30-20(25-14)19(28)24-13-4-2-3-12(22)11(13)9-23-18(27)15-5-6-17(21)29-15;/h2-6H,7-10H2,1H3,(H,23,27)(H,24,28);1H. The van der Waals surface area contributed by atoms with Gasteiger partial charge in [0, 0.05) is 42.2 Å². The lowest BCUT2D eigenvalue weighted by Crippen LogP contribution is -2.25. The maximum atomic E-state index is 14.4. The first-order valence-electron chi connectivity index (χ1n) is 9.20. The molecule has 2 aromatic heterocycles. The average Bonchev–Trinajstić information content (AvgIpc) is 3.33. The lowest BCUT2D eigenvalue weighted by molar-refractivity contribution is 0.0954. The van der Waals surface area contributed by atoms with Crippen molar-refractivity contribution in [1.82, 2.24) is 15.2 Å². The highest BCUT2D eigenvalue weighted by atomic mass is 35.5. The molecule has 0 bridgehead atoms. The quantitative estimate of drug-likeness (QED) is 0.537. The number of likely N-dealkylation sites (N-methyl/N-ethyl adjacent to an activating group) is 1. The second-order valence-electron chi connectivity index (χ2n) is 6.88. The molecule has 0 fully saturated rings. The third-order valence-electron chi connectivity index (χ3n) is 4.71. The van der Waals surface area contributed by atoms with E-state index in [9.17, 15) is 14.0 Å². The summed E-state index contributed by atoms with van der Waals surface area (Å²) in [7, 11) is 2.03. The maximum Gasteiger partial charge on any atom is 0.284 e. The largest absolute Gasteiger partial charge is 0.347 e. The Kier molecular flexibility index (Phi) is 7.66. The van der Waals surface area contributed by atoms with Crippen molar-refractivity contribution in [3.05, 3.63) is 66.5 Å². The van der Waals surface area contributed by atoms with E-state index >= 15 is 0 Å². The van der Waals surface area contributed by atoms with E-state index in [1.807, 2.05) is 7.05 Å². The van der Waals surface area contributed by atoms with Gasteiger partial charge in [-0.2, -0.15) is 0 Å². The maximum absolute atomic E-state index is 14.4. The van der Waals surface area contributed by atoms with E-state index in [1.165, 1.54) is 23.5 Å². The SMILES string of the molecule is CN1CCc2nc(C(=O)Nc3cccc(F)c3CNC(=O)c3ccc(Cl)s3)sc2C1.Cl. The number of fused-ring (bicyclic) bond motifs is 1. The summed E-state index contributed by atoms with van der Waals surface area (Å²) >= 11 is 8.35. The summed E-state index contributed by atoms with van der Waals surface area (Å²) in [5.74, 6) is -1.26. The lowest BCUT2D eigenvalue weighted by atomic mass is 10.1. The molecule has 0 saturated heterocycles. The van der Waals surface area contributed by atoms with Crippen LogP contribution in [0.3, 0.4) is 0 Å². The van der Waals surface area contributed by atoms with Crippen molar-refractivity contribution >= 4 is 64.2 Å². The van der Waals surface area contributed by atoms with Gasteiger partial charge in [-0.15, -0.1) is 35.1 Å². The van der Waals surface area contributed by atoms with Crippen molar-refractivity contribution < 1.29 is 14.0 Å². The fourth-order valence-corrected chi connectivity index (χ4v) is 5.19. The summed E-state index contributed by atoms with van der Waals surface area (Å²) in [6.07, 6.45) is 0.805. The van der Waals surface area contributed by atoms with E-state index in [0.717, 1.165) is 41.4 Å². The van der Waals surface area contributed by atoms with Crippen LogP contribution in [0, 0.1) is 5.82 Å². The molecule has 3 aromatic rings. The average molecular weight is 501 g/mol. The van der Waals surface area contributed by atoms with E-state index in [2.05, 4.69) is 20.5 Å². The normalized spacial score (nSPS) is 13.3. The summed E-state index contributed by atoms with van der Waals surface area (Å²) in [6, 6.07) is 7.63. The Morgan fingerprint density at radius 2 is 2.03 bits per heavy atom. The summed E-state index contributed by atoms with van der Waals surface area (Å²) in [5, 5.41) is 5.76. The number of nitrogens with one attached hydrogen (secondary N) is 2. The smallest absolute Gasteiger partial charge is 0.284 e. The van der Waals surface area contributed by atoms with Crippen molar-refractivity contribution in [1.29, 1.82) is 0 Å². The molecule has 4 rings (SSSR count). The molecule has 0 aliphatic carbocycles. The predicted octanol–water partition coefficient (Wildman–Crippen LogP) is 4.59. The van der Waals surface area contributed by atoms with E-state index < -0.39 is 5.82 Å². The number of thiophene rings is 1. The fourth-order valence-electron chi connectivity index (χ4n) is 3.14. The summed E-state index contributed by atoms with van der Waals surface area (Å²) in [4.78, 5) is 33.1. The Morgan fingerprint density at radius 1 is 1.23 bits per heavy atom. The van der Waals surface area contributed by atoms with E-state index in [0.29, 0.717) is 19.9 Å². The molecule has 2 amide bonds. The zero-order valence-corrected chi connectivity index (χ0v) is 19.6. The number of nitrogens with zero attached hydrogens (tertiary/aromatic N) is 2. The van der Waals surface area contributed by atoms with Crippen LogP contribution < -0.4 is 10.6 Å². The van der Waals surface area contributed by atoms with E-state index in [4.69, 9.17) is 11.6 Å². The number of hydrogen-bond acceptors (Lipinski definition) is 6. The number of thiazole rings is 1. The Bertz CT molecular complexity index is 1120. The van der Waals surface area contributed by atoms with Crippen LogP contribution in [-0.2, 0) is 19.5 Å². The molecular formula is C20H19Cl2FN4O2S2. The lowest BCUT2D eigenvalue weighted by Gasteiger charge is -2.20. The van der Waals surface area contributed by atoms with Crippen LogP contribution in [0.2, 0.25) is 4.34 Å². The van der Waals surface area contributed by atoms with Gasteiger partial charge in [-0.25, -0.2) is 9.37 Å². The number of rotatable bonds is 5. The molecule has 164 valence electrons. The summed E-state index contributed by atoms with van der Waals surface area (Å²) < 4.78 is 14.9. The van der Waals surface area contributed by atoms with Gasteiger partial charge in [0.2, 0.25) is 0 Å². The van der Waals surface area contributed by atoms with Crippen molar-refractivity contribution in [3.63, 3.8) is 0 Å². The van der Waals surface area contributed by atoms with Crippen LogP contribution in [0.4, 0.5) is 10.1 Å². The Morgan fingerprint density at radius 3 is 2.77 bits per heavy atom. The molecule has 0 radical (unpaired) electrons. The number of carbonyl (C=O) groups is 2. The number of amides is 2. The Hall–Kier alpha value is -2.04. The number of anilines is 1. The van der Waals surface area contributed by atoms with Crippen molar-refractivity contribution in [2.24, 2.45) is 0 Å². The van der Waals surface area contributed by atoms with Crippen LogP contribution >= 0.6 is 46.7 Å². The van der Waals surface area contributed by atoms with Crippen LogP contribution in [-0.4, -0.2) is 35.3 Å². The van der Waals surface area contributed by atoms with Crippen molar-refractivity contribution in [3.8, 4) is 0 Å². The van der Waals surface area contributed by atoms with Gasteiger partial charge in [-0.1, -0.05) is 17.7 Å². The third-order valence-corrected chi connectivity index (χ3v) is 7.02. The first kappa shape index (κ1) is 23.6. The molecule has 0 unspecified atom stereocenters. The molecule has 11 heteroatoms. The van der Waals surface area contributed by atoms with Gasteiger partial charge >= 0.3 is 0 Å². The molecule has 2 N–H and O–H groups in total. The fraction of sp³-hybridized carbons (Fsp3) is 0.250. The van der Waals surface area contributed by atoms with Gasteiger partial charge in [-0.05, 0) is 31.3 Å². The number of aromatic nitrogens is 1. The van der Waals surface area contributed by atoms with Gasteiger partial charge in [0.05, 0.1) is 14.9 Å². The van der Waals surface area contributed by atoms with Gasteiger partial charge in [0.15, 0.2) is 5.01 Å². The summed E-state index contributed by atoms with van der Waals surface area (Å²) in [6.45, 7) is 1.60. The first-order chi connectivity index (χ1) is 14.4. The molecule has 0 saturated carbocycles. The second kappa shape index (κ2) is 10.1. The van der Waals surface area contributed by atoms with Gasteiger partial charge in [0.1, 0.15) is 5.82 Å². The van der Waals surface area contributed by atoms with Crippen molar-refractivity contribution in [2.45, 2.75) is 19.5 Å². The Labute approximate surface area is 197 Å². The van der Waals surface area contributed by atoms with Gasteiger partial charge in [-0.3, -0.25) is 9.59 Å². The summed E-state index contributed by atoms with van der Waals surface area (Å²) in [5.41, 5.74) is 1.45. The Balaban J connectivity index is 0.00000272. The topological polar surface area (TPSA) is 74.3 Å². The van der Waals surface area contributed by atoms with Crippen LogP contribution in [0.25, 0.3) is 0 Å². The highest BCUT2D eigenvalue weighted by Crippen LogP contribution is 2.26. The number of hydrogen-bond donors (Lipinski definition) is 2. The monoisotopic (exact) mass is 500 g/mol. The third kappa shape index (κ3) is 5.42. The molecule has 3 heterocycles. The molecular weight excluding hydrogens is 482 g/mol. The molecule has 31 heavy (non-hydrogen) atoms. The van der Waals surface area contributed by atoms with Gasteiger partial charge in [0.25, 0.3) is 11.8 Å². The van der Waals surface area contributed by atoms with Gasteiger partial charge < -0.3 is 15.5 Å². The molecule has 0 atom stereocenters. The number of carbonyl (C=O) groups excluding carboxylic acids is 2. The highest BCUT2D eigenvalue weighted by Gasteiger charge is 2.22. The first-order valence-corrected chi connectivity index (χ1v) is 11.2. The number of halogens is 3. The minimum atomic E-state index is -0.516. The number of benzene rings is 1. The highest BCUT2D eigenvalue weighted by molar-refractivity contribution is 7.18. The van der Waals surface area contributed by atoms with E-state index in [1.54, 1.807) is 18.2 Å². The van der Waals surface area contributed by atoms with E-state index in [-0.39, 0.29) is 36.3 Å².